The number of hydrogen-bond donors (Lipinski definition) is 1. The van der Waals surface area contributed by atoms with Crippen molar-refractivity contribution >= 4 is 33.2 Å². The Morgan fingerprint density at radius 2 is 1.66 bits per heavy atom. The number of amides is 1. The van der Waals surface area contributed by atoms with Crippen LogP contribution in [0.15, 0.2) is 71.6 Å². The molecule has 3 aromatic carbocycles. The number of sulfonamides is 1. The number of carbonyl (C=O) groups is 1. The second kappa shape index (κ2) is 12.0. The minimum Gasteiger partial charge on any atom is -0.497 e. The van der Waals surface area contributed by atoms with Crippen molar-refractivity contribution < 1.29 is 22.7 Å². The molecule has 0 saturated heterocycles. The smallest absolute Gasteiger partial charge is 0.264 e. The van der Waals surface area contributed by atoms with Crippen molar-refractivity contribution in [3.8, 4) is 11.5 Å². The largest absolute Gasteiger partial charge is 0.497 e. The maximum atomic E-state index is 13.6. The van der Waals surface area contributed by atoms with E-state index in [4.69, 9.17) is 21.1 Å². The summed E-state index contributed by atoms with van der Waals surface area (Å²) in [7, 11) is -1.02. The van der Waals surface area contributed by atoms with Gasteiger partial charge in [0.25, 0.3) is 10.0 Å². The molecule has 0 atom stereocenters. The number of ether oxygens (including phenoxy) is 2. The summed E-state index contributed by atoms with van der Waals surface area (Å²) in [5.41, 5.74) is 2.23. The molecule has 3 rings (SSSR count). The second-order valence-corrected chi connectivity index (χ2v) is 10.2. The molecule has 3 aromatic rings. The van der Waals surface area contributed by atoms with Gasteiger partial charge in [-0.1, -0.05) is 41.4 Å². The van der Waals surface area contributed by atoms with Crippen LogP contribution in [0.4, 0.5) is 5.69 Å². The van der Waals surface area contributed by atoms with Crippen molar-refractivity contribution in [2.24, 2.45) is 0 Å². The Hall–Kier alpha value is -3.23. The molecule has 0 aliphatic rings. The highest BCUT2D eigenvalue weighted by Crippen LogP contribution is 2.34. The standard InChI is InChI=1S/C26H29ClN2O5S/c1-19-6-13-23(14-7-19)35(31,32)29(24-17-21(27)10-15-25(24)34-3)18-26(30)28-16-4-5-20-8-11-22(33-2)12-9-20/h6-15,17H,4-5,16,18H2,1-3H3,(H,28,30). The predicted molar refractivity (Wildman–Crippen MR) is 138 cm³/mol. The van der Waals surface area contributed by atoms with Gasteiger partial charge in [0.1, 0.15) is 18.0 Å². The zero-order valence-corrected chi connectivity index (χ0v) is 21.5. The molecule has 0 bridgehead atoms. The third-order valence-corrected chi connectivity index (χ3v) is 7.44. The minimum atomic E-state index is -4.07. The summed E-state index contributed by atoms with van der Waals surface area (Å²) < 4.78 is 38.7. The number of nitrogens with zero attached hydrogens (tertiary/aromatic N) is 1. The van der Waals surface area contributed by atoms with Gasteiger partial charge in [-0.2, -0.15) is 0 Å². The van der Waals surface area contributed by atoms with Gasteiger partial charge in [-0.3, -0.25) is 9.10 Å². The van der Waals surface area contributed by atoms with Gasteiger partial charge in [0.15, 0.2) is 0 Å². The number of rotatable bonds is 11. The number of carbonyl (C=O) groups excluding carboxylic acids is 1. The van der Waals surface area contributed by atoms with E-state index in [2.05, 4.69) is 5.32 Å². The molecule has 0 aromatic heterocycles. The first kappa shape index (κ1) is 26.4. The van der Waals surface area contributed by atoms with Gasteiger partial charge in [0.2, 0.25) is 5.91 Å². The molecule has 35 heavy (non-hydrogen) atoms. The molecule has 0 heterocycles. The quantitative estimate of drug-likeness (QED) is 0.376. The van der Waals surface area contributed by atoms with Crippen LogP contribution in [0, 0.1) is 6.92 Å². The molecule has 9 heteroatoms. The van der Waals surface area contributed by atoms with Crippen LogP contribution in [-0.4, -0.2) is 41.6 Å². The molecule has 186 valence electrons. The van der Waals surface area contributed by atoms with Crippen molar-refractivity contribution in [2.75, 3.05) is 31.6 Å². The molecular weight excluding hydrogens is 488 g/mol. The van der Waals surface area contributed by atoms with Gasteiger partial charge in [-0.05, 0) is 67.8 Å². The van der Waals surface area contributed by atoms with Gasteiger partial charge < -0.3 is 14.8 Å². The molecule has 1 amide bonds. The Kier molecular flexibility index (Phi) is 9.01. The fourth-order valence-electron chi connectivity index (χ4n) is 3.49. The molecular formula is C26H29ClN2O5S. The highest BCUT2D eigenvalue weighted by Gasteiger charge is 2.29. The number of nitrogens with one attached hydrogen (secondary N) is 1. The lowest BCUT2D eigenvalue weighted by atomic mass is 10.1. The van der Waals surface area contributed by atoms with Crippen LogP contribution >= 0.6 is 11.6 Å². The monoisotopic (exact) mass is 516 g/mol. The SMILES string of the molecule is COc1ccc(CCCNC(=O)CN(c2cc(Cl)ccc2OC)S(=O)(=O)c2ccc(C)cc2)cc1. The first-order valence-corrected chi connectivity index (χ1v) is 12.9. The Morgan fingerprint density at radius 3 is 2.29 bits per heavy atom. The Balaban J connectivity index is 1.76. The van der Waals surface area contributed by atoms with Crippen LogP contribution in [-0.2, 0) is 21.2 Å². The number of anilines is 1. The molecule has 0 saturated carbocycles. The van der Waals surface area contributed by atoms with E-state index in [0.717, 1.165) is 27.6 Å². The van der Waals surface area contributed by atoms with Crippen molar-refractivity contribution in [2.45, 2.75) is 24.7 Å². The first-order valence-electron chi connectivity index (χ1n) is 11.1. The van der Waals surface area contributed by atoms with Crippen molar-refractivity contribution in [3.05, 3.63) is 82.9 Å². The summed E-state index contributed by atoms with van der Waals surface area (Å²) in [6.45, 7) is 1.85. The summed E-state index contributed by atoms with van der Waals surface area (Å²) in [4.78, 5) is 12.9. The molecule has 1 N–H and O–H groups in total. The molecule has 0 unspecified atom stereocenters. The number of methoxy groups -OCH3 is 2. The summed E-state index contributed by atoms with van der Waals surface area (Å²) in [5, 5.41) is 3.14. The lowest BCUT2D eigenvalue weighted by molar-refractivity contribution is -0.119. The third kappa shape index (κ3) is 6.90. The maximum absolute atomic E-state index is 13.6. The number of hydrogen-bond acceptors (Lipinski definition) is 5. The van der Waals surface area contributed by atoms with Gasteiger partial charge in [0.05, 0.1) is 24.8 Å². The normalized spacial score (nSPS) is 11.1. The fourth-order valence-corrected chi connectivity index (χ4v) is 5.08. The second-order valence-electron chi connectivity index (χ2n) is 7.94. The van der Waals surface area contributed by atoms with Crippen molar-refractivity contribution in [1.82, 2.24) is 5.32 Å². The van der Waals surface area contributed by atoms with E-state index in [-0.39, 0.29) is 16.3 Å². The average molecular weight is 517 g/mol. The van der Waals surface area contributed by atoms with Crippen molar-refractivity contribution in [1.29, 1.82) is 0 Å². The first-order chi connectivity index (χ1) is 16.7. The van der Waals surface area contributed by atoms with E-state index in [1.54, 1.807) is 31.4 Å². The van der Waals surface area contributed by atoms with Gasteiger partial charge in [-0.25, -0.2) is 8.42 Å². The van der Waals surface area contributed by atoms with Crippen molar-refractivity contribution in [3.63, 3.8) is 0 Å². The summed E-state index contributed by atoms with van der Waals surface area (Å²) in [6, 6.07) is 18.8. The predicted octanol–water partition coefficient (Wildman–Crippen LogP) is 4.61. The molecule has 0 aliphatic heterocycles. The summed E-state index contributed by atoms with van der Waals surface area (Å²) >= 11 is 6.17. The van der Waals surface area contributed by atoms with Crippen LogP contribution < -0.4 is 19.1 Å². The van der Waals surface area contributed by atoms with E-state index in [1.165, 1.54) is 25.3 Å². The van der Waals surface area contributed by atoms with Crippen LogP contribution in [0.5, 0.6) is 11.5 Å². The number of halogens is 1. The Bertz CT molecular complexity index is 1250. The fraction of sp³-hybridized carbons (Fsp3) is 0.269. The molecule has 7 nitrogen and oxygen atoms in total. The molecule has 0 radical (unpaired) electrons. The number of benzene rings is 3. The number of aryl methyl sites for hydroxylation is 2. The lowest BCUT2D eigenvalue weighted by Crippen LogP contribution is -2.41. The highest BCUT2D eigenvalue weighted by molar-refractivity contribution is 7.92. The molecule has 0 spiro atoms. The van der Waals surface area contributed by atoms with E-state index in [1.807, 2.05) is 31.2 Å². The van der Waals surface area contributed by atoms with Crippen LogP contribution in [0.2, 0.25) is 5.02 Å². The van der Waals surface area contributed by atoms with Crippen LogP contribution in [0.1, 0.15) is 17.5 Å². The highest BCUT2D eigenvalue weighted by atomic mass is 35.5. The molecule has 0 fully saturated rings. The van der Waals surface area contributed by atoms with Gasteiger partial charge in [-0.15, -0.1) is 0 Å². The Morgan fingerprint density at radius 1 is 0.971 bits per heavy atom. The van der Waals surface area contributed by atoms with Crippen LogP contribution in [0.25, 0.3) is 0 Å². The van der Waals surface area contributed by atoms with E-state index >= 15 is 0 Å². The lowest BCUT2D eigenvalue weighted by Gasteiger charge is -2.26. The average Bonchev–Trinajstić information content (AvgIpc) is 2.85. The third-order valence-electron chi connectivity index (χ3n) is 5.43. The zero-order valence-electron chi connectivity index (χ0n) is 20.0. The maximum Gasteiger partial charge on any atom is 0.264 e. The zero-order chi connectivity index (χ0) is 25.4. The summed E-state index contributed by atoms with van der Waals surface area (Å²) in [6.07, 6.45) is 1.46. The van der Waals surface area contributed by atoms with E-state index < -0.39 is 22.5 Å². The molecule has 0 aliphatic carbocycles. The van der Waals surface area contributed by atoms with Crippen LogP contribution in [0.3, 0.4) is 0 Å². The van der Waals surface area contributed by atoms with E-state index in [9.17, 15) is 13.2 Å². The minimum absolute atomic E-state index is 0.0671. The van der Waals surface area contributed by atoms with Gasteiger partial charge in [0, 0.05) is 11.6 Å². The van der Waals surface area contributed by atoms with Gasteiger partial charge >= 0.3 is 0 Å². The Labute approximate surface area is 211 Å². The topological polar surface area (TPSA) is 84.9 Å². The van der Waals surface area contributed by atoms with E-state index in [0.29, 0.717) is 18.0 Å². The summed E-state index contributed by atoms with van der Waals surface area (Å²) in [5.74, 6) is 0.642.